The Kier molecular flexibility index (Phi) is 1.72. The Morgan fingerprint density at radius 3 is 2.93 bits per heavy atom. The van der Waals surface area contributed by atoms with Crippen LogP contribution in [-0.2, 0) is 0 Å². The molecule has 7 heteroatoms. The summed E-state index contributed by atoms with van der Waals surface area (Å²) in [5.41, 5.74) is 0.757. The molecule has 0 spiro atoms. The number of aryl methyl sites for hydroxylation is 1. The number of aromatic nitrogens is 6. The molecule has 3 rings (SSSR count). The van der Waals surface area contributed by atoms with E-state index in [2.05, 4.69) is 25.3 Å². The number of rotatable bonds is 1. The molecule has 0 saturated heterocycles. The van der Waals surface area contributed by atoms with E-state index in [-0.39, 0.29) is 0 Å². The van der Waals surface area contributed by atoms with Gasteiger partial charge >= 0.3 is 0 Å². The van der Waals surface area contributed by atoms with Crippen molar-refractivity contribution in [1.29, 1.82) is 0 Å². The highest BCUT2D eigenvalue weighted by atomic mass is 32.1. The lowest BCUT2D eigenvalue weighted by molar-refractivity contribution is 0.895. The number of fused-ring (bicyclic) bond motifs is 1. The molecule has 3 aromatic rings. The molecule has 0 amide bonds. The third-order valence-electron chi connectivity index (χ3n) is 1.93. The van der Waals surface area contributed by atoms with Gasteiger partial charge < -0.3 is 0 Å². The summed E-state index contributed by atoms with van der Waals surface area (Å²) < 4.78 is 1.70. The maximum Gasteiger partial charge on any atom is 0.235 e. The third kappa shape index (κ3) is 1.28. The zero-order chi connectivity index (χ0) is 10.3. The second-order valence-corrected chi connectivity index (χ2v) is 3.90. The van der Waals surface area contributed by atoms with Crippen LogP contribution in [0.2, 0.25) is 0 Å². The molecule has 0 aliphatic rings. The second kappa shape index (κ2) is 3.06. The third-order valence-corrected chi connectivity index (χ3v) is 2.85. The molecule has 6 nitrogen and oxygen atoms in total. The predicted molar refractivity (Wildman–Crippen MR) is 54.4 cm³/mol. The van der Waals surface area contributed by atoms with Gasteiger partial charge in [0, 0.05) is 12.4 Å². The van der Waals surface area contributed by atoms with Crippen molar-refractivity contribution in [2.24, 2.45) is 0 Å². The molecular weight excluding hydrogens is 212 g/mol. The lowest BCUT2D eigenvalue weighted by Gasteiger charge is -1.90. The lowest BCUT2D eigenvalue weighted by Crippen LogP contribution is -1.89. The maximum absolute atomic E-state index is 4.35. The second-order valence-electron chi connectivity index (χ2n) is 2.94. The Morgan fingerprint density at radius 1 is 1.27 bits per heavy atom. The zero-order valence-corrected chi connectivity index (χ0v) is 8.64. The highest BCUT2D eigenvalue weighted by Gasteiger charge is 2.10. The Morgan fingerprint density at radius 2 is 2.20 bits per heavy atom. The average molecular weight is 218 g/mol. The van der Waals surface area contributed by atoms with Gasteiger partial charge in [0.2, 0.25) is 4.96 Å². The van der Waals surface area contributed by atoms with Crippen molar-refractivity contribution in [3.8, 4) is 10.7 Å². The standard InChI is InChI=1S/C8H6N6S/c1-5-11-12-8-14(5)13-7(15-8)6-4-9-2-3-10-6/h2-4H,1H3. The minimum absolute atomic E-state index is 0.757. The summed E-state index contributed by atoms with van der Waals surface area (Å²) in [4.78, 5) is 8.95. The van der Waals surface area contributed by atoms with Gasteiger partial charge in [0.05, 0.1) is 6.20 Å². The first-order valence-electron chi connectivity index (χ1n) is 4.30. The molecule has 0 unspecified atom stereocenters. The van der Waals surface area contributed by atoms with Gasteiger partial charge in [-0.05, 0) is 6.92 Å². The predicted octanol–water partition coefficient (Wildman–Crippen LogP) is 0.951. The summed E-state index contributed by atoms with van der Waals surface area (Å²) in [5.74, 6) is 0.774. The highest BCUT2D eigenvalue weighted by Crippen LogP contribution is 2.22. The van der Waals surface area contributed by atoms with Crippen molar-refractivity contribution in [3.05, 3.63) is 24.4 Å². The quantitative estimate of drug-likeness (QED) is 0.608. The lowest BCUT2D eigenvalue weighted by atomic mass is 10.5. The summed E-state index contributed by atoms with van der Waals surface area (Å²) in [6, 6.07) is 0. The highest BCUT2D eigenvalue weighted by molar-refractivity contribution is 7.19. The van der Waals surface area contributed by atoms with E-state index in [0.29, 0.717) is 0 Å². The minimum Gasteiger partial charge on any atom is -0.261 e. The van der Waals surface area contributed by atoms with Gasteiger partial charge in [0.15, 0.2) is 10.8 Å². The topological polar surface area (TPSA) is 68.9 Å². The summed E-state index contributed by atoms with van der Waals surface area (Å²) in [6.45, 7) is 1.86. The molecule has 0 aliphatic carbocycles. The van der Waals surface area contributed by atoms with E-state index in [4.69, 9.17) is 0 Å². The molecule has 0 saturated carbocycles. The fraction of sp³-hybridized carbons (Fsp3) is 0.125. The largest absolute Gasteiger partial charge is 0.261 e. The molecule has 0 atom stereocenters. The van der Waals surface area contributed by atoms with Gasteiger partial charge in [0.25, 0.3) is 0 Å². The first-order chi connectivity index (χ1) is 7.34. The van der Waals surface area contributed by atoms with Crippen molar-refractivity contribution in [2.75, 3.05) is 0 Å². The molecule has 15 heavy (non-hydrogen) atoms. The molecule has 3 aromatic heterocycles. The molecule has 0 radical (unpaired) electrons. The van der Waals surface area contributed by atoms with Gasteiger partial charge in [-0.1, -0.05) is 11.3 Å². The van der Waals surface area contributed by atoms with E-state index in [1.165, 1.54) is 11.3 Å². The smallest absolute Gasteiger partial charge is 0.235 e. The SMILES string of the molecule is Cc1nnc2sc(-c3cnccn3)nn12. The van der Waals surface area contributed by atoms with Crippen LogP contribution in [0.15, 0.2) is 18.6 Å². The van der Waals surface area contributed by atoms with Crippen molar-refractivity contribution in [1.82, 2.24) is 29.8 Å². The maximum atomic E-state index is 4.35. The molecule has 74 valence electrons. The molecule has 0 aromatic carbocycles. The molecule has 0 aliphatic heterocycles. The number of nitrogens with zero attached hydrogens (tertiary/aromatic N) is 6. The first-order valence-corrected chi connectivity index (χ1v) is 5.11. The van der Waals surface area contributed by atoms with Crippen LogP contribution in [0.5, 0.6) is 0 Å². The van der Waals surface area contributed by atoms with E-state index < -0.39 is 0 Å². The van der Waals surface area contributed by atoms with Crippen LogP contribution in [0.25, 0.3) is 15.7 Å². The monoisotopic (exact) mass is 218 g/mol. The van der Waals surface area contributed by atoms with Crippen molar-refractivity contribution < 1.29 is 0 Å². The minimum atomic E-state index is 0.757. The van der Waals surface area contributed by atoms with E-state index in [1.54, 1.807) is 23.1 Å². The summed E-state index contributed by atoms with van der Waals surface area (Å²) in [5, 5.41) is 13.1. The summed E-state index contributed by atoms with van der Waals surface area (Å²) >= 11 is 1.45. The van der Waals surface area contributed by atoms with Gasteiger partial charge in [-0.2, -0.15) is 9.61 Å². The number of hydrogen-bond donors (Lipinski definition) is 0. The summed E-state index contributed by atoms with van der Waals surface area (Å²) in [7, 11) is 0. The van der Waals surface area contributed by atoms with Crippen LogP contribution in [0.3, 0.4) is 0 Å². The molecule has 0 N–H and O–H groups in total. The van der Waals surface area contributed by atoms with Crippen molar-refractivity contribution in [2.45, 2.75) is 6.92 Å². The Labute approximate surface area is 88.6 Å². The number of hydrogen-bond acceptors (Lipinski definition) is 6. The average Bonchev–Trinajstić information content (AvgIpc) is 2.83. The summed E-state index contributed by atoms with van der Waals surface area (Å²) in [6.07, 6.45) is 4.96. The van der Waals surface area contributed by atoms with Gasteiger partial charge in [0.1, 0.15) is 5.69 Å². The van der Waals surface area contributed by atoms with Crippen LogP contribution < -0.4 is 0 Å². The Hall–Kier alpha value is -1.89. The van der Waals surface area contributed by atoms with Gasteiger partial charge in [-0.15, -0.1) is 10.2 Å². The van der Waals surface area contributed by atoms with Crippen LogP contribution in [0, 0.1) is 6.92 Å². The Balaban J connectivity index is 2.20. The fourth-order valence-corrected chi connectivity index (χ4v) is 2.07. The van der Waals surface area contributed by atoms with Crippen LogP contribution >= 0.6 is 11.3 Å². The molecule has 0 bridgehead atoms. The zero-order valence-electron chi connectivity index (χ0n) is 7.82. The van der Waals surface area contributed by atoms with E-state index in [0.717, 1.165) is 21.5 Å². The molecular formula is C8H6N6S. The van der Waals surface area contributed by atoms with E-state index >= 15 is 0 Å². The molecule has 0 fully saturated rings. The van der Waals surface area contributed by atoms with Crippen LogP contribution in [0.1, 0.15) is 5.82 Å². The van der Waals surface area contributed by atoms with Crippen molar-refractivity contribution in [3.63, 3.8) is 0 Å². The fourth-order valence-electron chi connectivity index (χ4n) is 1.23. The van der Waals surface area contributed by atoms with Crippen molar-refractivity contribution >= 4 is 16.3 Å². The Bertz CT molecular complexity index is 598. The van der Waals surface area contributed by atoms with E-state index in [1.807, 2.05) is 6.92 Å². The first kappa shape index (κ1) is 8.42. The van der Waals surface area contributed by atoms with E-state index in [9.17, 15) is 0 Å². The normalized spacial score (nSPS) is 11.0. The van der Waals surface area contributed by atoms with Crippen LogP contribution in [0.4, 0.5) is 0 Å². The van der Waals surface area contributed by atoms with Gasteiger partial charge in [-0.25, -0.2) is 0 Å². The molecule has 3 heterocycles. The van der Waals surface area contributed by atoms with Gasteiger partial charge in [-0.3, -0.25) is 9.97 Å². The van der Waals surface area contributed by atoms with Crippen LogP contribution in [-0.4, -0.2) is 29.8 Å².